The van der Waals surface area contributed by atoms with Gasteiger partial charge in [0.25, 0.3) is 0 Å². The molecule has 0 N–H and O–H groups in total. The van der Waals surface area contributed by atoms with E-state index < -0.39 is 0 Å². The van der Waals surface area contributed by atoms with Crippen molar-refractivity contribution < 1.29 is 0 Å². The zero-order valence-electron chi connectivity index (χ0n) is 11.8. The Bertz CT molecular complexity index is 962. The van der Waals surface area contributed by atoms with E-state index in [-0.39, 0.29) is 0 Å². The maximum absolute atomic E-state index is 2.33. The SMILES string of the molecule is Cc1ccc(C)c2c1ccc1cc3ccccc3cc12. The van der Waals surface area contributed by atoms with Gasteiger partial charge in [-0.25, -0.2) is 0 Å². The van der Waals surface area contributed by atoms with Crippen LogP contribution in [-0.2, 0) is 0 Å². The van der Waals surface area contributed by atoms with Gasteiger partial charge in [-0.3, -0.25) is 0 Å². The molecule has 0 aliphatic carbocycles. The normalized spacial score (nSPS) is 11.5. The van der Waals surface area contributed by atoms with Crippen LogP contribution in [0.5, 0.6) is 0 Å². The summed E-state index contributed by atoms with van der Waals surface area (Å²) >= 11 is 0. The van der Waals surface area contributed by atoms with E-state index in [9.17, 15) is 0 Å². The molecule has 0 radical (unpaired) electrons. The predicted molar refractivity (Wildman–Crippen MR) is 88.4 cm³/mol. The van der Waals surface area contributed by atoms with Crippen LogP contribution in [0, 0.1) is 13.8 Å². The largest absolute Gasteiger partial charge is 0.0616 e. The lowest BCUT2D eigenvalue weighted by molar-refractivity contribution is 1.47. The van der Waals surface area contributed by atoms with Crippen molar-refractivity contribution in [2.24, 2.45) is 0 Å². The lowest BCUT2D eigenvalue weighted by atomic mass is 9.94. The maximum Gasteiger partial charge on any atom is -0.00732 e. The lowest BCUT2D eigenvalue weighted by Crippen LogP contribution is -1.85. The predicted octanol–water partition coefficient (Wildman–Crippen LogP) is 5.76. The highest BCUT2D eigenvalue weighted by molar-refractivity contribution is 6.13. The molecule has 0 nitrogen and oxygen atoms in total. The first-order valence-electron chi connectivity index (χ1n) is 7.05. The van der Waals surface area contributed by atoms with E-state index in [1.165, 1.54) is 43.4 Å². The Kier molecular flexibility index (Phi) is 2.34. The Balaban J connectivity index is 2.29. The molecule has 0 saturated carbocycles. The summed E-state index contributed by atoms with van der Waals surface area (Å²) in [4.78, 5) is 0. The lowest BCUT2D eigenvalue weighted by Gasteiger charge is -2.10. The molecule has 0 aromatic heterocycles. The zero-order valence-corrected chi connectivity index (χ0v) is 11.8. The highest BCUT2D eigenvalue weighted by Gasteiger charge is 2.06. The monoisotopic (exact) mass is 256 g/mol. The molecule has 0 heterocycles. The summed E-state index contributed by atoms with van der Waals surface area (Å²) in [5.41, 5.74) is 2.70. The summed E-state index contributed by atoms with van der Waals surface area (Å²) in [5.74, 6) is 0. The topological polar surface area (TPSA) is 0 Å². The Labute approximate surface area is 118 Å². The minimum atomic E-state index is 1.31. The van der Waals surface area contributed by atoms with Crippen LogP contribution in [-0.4, -0.2) is 0 Å². The van der Waals surface area contributed by atoms with Gasteiger partial charge in [-0.15, -0.1) is 0 Å². The van der Waals surface area contributed by atoms with Crippen LogP contribution in [0.25, 0.3) is 32.3 Å². The van der Waals surface area contributed by atoms with E-state index in [0.717, 1.165) is 0 Å². The first kappa shape index (κ1) is 11.5. The van der Waals surface area contributed by atoms with Crippen LogP contribution in [0.1, 0.15) is 11.1 Å². The van der Waals surface area contributed by atoms with Gasteiger partial charge in [-0.05, 0) is 69.4 Å². The summed E-state index contributed by atoms with van der Waals surface area (Å²) in [5, 5.41) is 8.08. The second-order valence-electron chi connectivity index (χ2n) is 5.61. The summed E-state index contributed by atoms with van der Waals surface area (Å²) in [6.45, 7) is 4.39. The van der Waals surface area contributed by atoms with Crippen molar-refractivity contribution in [2.45, 2.75) is 13.8 Å². The van der Waals surface area contributed by atoms with E-state index in [0.29, 0.717) is 0 Å². The molecule has 0 aliphatic rings. The van der Waals surface area contributed by atoms with Crippen molar-refractivity contribution in [1.82, 2.24) is 0 Å². The average molecular weight is 256 g/mol. The van der Waals surface area contributed by atoms with Crippen molar-refractivity contribution in [3.8, 4) is 0 Å². The number of hydrogen-bond acceptors (Lipinski definition) is 0. The minimum Gasteiger partial charge on any atom is -0.0616 e. The molecule has 0 unspecified atom stereocenters. The molecule has 4 rings (SSSR count). The zero-order chi connectivity index (χ0) is 13.7. The molecule has 4 aromatic carbocycles. The highest BCUT2D eigenvalue weighted by atomic mass is 14.1. The highest BCUT2D eigenvalue weighted by Crippen LogP contribution is 2.32. The third-order valence-corrected chi connectivity index (χ3v) is 4.29. The van der Waals surface area contributed by atoms with Gasteiger partial charge in [-0.1, -0.05) is 48.5 Å². The molecule has 0 spiro atoms. The number of fused-ring (bicyclic) bond motifs is 4. The Morgan fingerprint density at radius 3 is 2.05 bits per heavy atom. The summed E-state index contributed by atoms with van der Waals surface area (Å²) in [6, 6.07) is 22.2. The molecule has 0 bridgehead atoms. The van der Waals surface area contributed by atoms with Crippen LogP contribution in [0.4, 0.5) is 0 Å². The Morgan fingerprint density at radius 1 is 0.550 bits per heavy atom. The van der Waals surface area contributed by atoms with Crippen LogP contribution in [0.15, 0.2) is 60.7 Å². The van der Waals surface area contributed by atoms with Gasteiger partial charge in [0, 0.05) is 0 Å². The number of hydrogen-bond donors (Lipinski definition) is 0. The first-order valence-corrected chi connectivity index (χ1v) is 7.05. The van der Waals surface area contributed by atoms with Crippen LogP contribution in [0.2, 0.25) is 0 Å². The van der Waals surface area contributed by atoms with Crippen molar-refractivity contribution >= 4 is 32.3 Å². The van der Waals surface area contributed by atoms with E-state index in [4.69, 9.17) is 0 Å². The molecular formula is C20H16. The van der Waals surface area contributed by atoms with Gasteiger partial charge >= 0.3 is 0 Å². The number of aryl methyl sites for hydroxylation is 2. The molecule has 0 heteroatoms. The van der Waals surface area contributed by atoms with Gasteiger partial charge in [0.15, 0.2) is 0 Å². The van der Waals surface area contributed by atoms with Gasteiger partial charge in [-0.2, -0.15) is 0 Å². The number of rotatable bonds is 0. The third-order valence-electron chi connectivity index (χ3n) is 4.29. The molecule has 20 heavy (non-hydrogen) atoms. The molecular weight excluding hydrogens is 240 g/mol. The van der Waals surface area contributed by atoms with E-state index in [1.54, 1.807) is 0 Å². The van der Waals surface area contributed by atoms with E-state index in [1.807, 2.05) is 0 Å². The molecule has 0 saturated heterocycles. The molecule has 0 fully saturated rings. The third kappa shape index (κ3) is 1.55. The minimum absolute atomic E-state index is 1.31. The second-order valence-corrected chi connectivity index (χ2v) is 5.61. The number of benzene rings is 4. The van der Waals surface area contributed by atoms with Crippen molar-refractivity contribution in [2.75, 3.05) is 0 Å². The van der Waals surface area contributed by atoms with Gasteiger partial charge in [0.2, 0.25) is 0 Å². The smallest absolute Gasteiger partial charge is 0.00732 e. The van der Waals surface area contributed by atoms with Gasteiger partial charge in [0.05, 0.1) is 0 Å². The summed E-state index contributed by atoms with van der Waals surface area (Å²) in [7, 11) is 0. The molecule has 4 aromatic rings. The van der Waals surface area contributed by atoms with Gasteiger partial charge in [0.1, 0.15) is 0 Å². The summed E-state index contributed by atoms with van der Waals surface area (Å²) < 4.78 is 0. The quantitative estimate of drug-likeness (QED) is 0.277. The Hall–Kier alpha value is -2.34. The first-order chi connectivity index (χ1) is 9.74. The molecule has 0 atom stereocenters. The van der Waals surface area contributed by atoms with Crippen LogP contribution < -0.4 is 0 Å². The molecule has 0 aliphatic heterocycles. The van der Waals surface area contributed by atoms with Crippen molar-refractivity contribution in [1.29, 1.82) is 0 Å². The molecule has 0 amide bonds. The average Bonchev–Trinajstić information content (AvgIpc) is 2.48. The fourth-order valence-electron chi connectivity index (χ4n) is 3.19. The standard InChI is InChI=1S/C20H16/c1-13-7-8-14(2)20-18(13)10-9-17-11-15-5-3-4-6-16(15)12-19(17)20/h3-12H,1-2H3. The van der Waals surface area contributed by atoms with E-state index in [2.05, 4.69) is 74.5 Å². The maximum atomic E-state index is 2.33. The fourth-order valence-corrected chi connectivity index (χ4v) is 3.19. The van der Waals surface area contributed by atoms with Crippen LogP contribution >= 0.6 is 0 Å². The molecule has 96 valence electrons. The second kappa shape index (κ2) is 4.08. The van der Waals surface area contributed by atoms with E-state index >= 15 is 0 Å². The summed E-state index contributed by atoms with van der Waals surface area (Å²) in [6.07, 6.45) is 0. The fraction of sp³-hybridized carbons (Fsp3) is 0.100. The Morgan fingerprint density at radius 2 is 1.25 bits per heavy atom. The van der Waals surface area contributed by atoms with Crippen molar-refractivity contribution in [3.63, 3.8) is 0 Å². The van der Waals surface area contributed by atoms with Gasteiger partial charge < -0.3 is 0 Å². The van der Waals surface area contributed by atoms with Crippen LogP contribution in [0.3, 0.4) is 0 Å². The van der Waals surface area contributed by atoms with Crippen molar-refractivity contribution in [3.05, 3.63) is 71.8 Å².